The molecule has 0 saturated carbocycles. The quantitative estimate of drug-likeness (QED) is 0.561. The van der Waals surface area contributed by atoms with Gasteiger partial charge < -0.3 is 25.0 Å². The molecular weight excluding hydrogens is 280 g/mol. The fourth-order valence-corrected chi connectivity index (χ4v) is 1.80. The monoisotopic (exact) mass is 298 g/mol. The minimum Gasteiger partial charge on any atom is -0.480 e. The molecule has 0 atom stereocenters. The summed E-state index contributed by atoms with van der Waals surface area (Å²) in [5, 5.41) is 19.7. The predicted octanol–water partition coefficient (Wildman–Crippen LogP) is 0.0217. The van der Waals surface area contributed by atoms with Crippen molar-refractivity contribution in [2.45, 2.75) is 0 Å². The number of carboxylic acid groups (broad SMARTS) is 1. The number of aliphatic carboxylic acids is 1. The SMILES string of the molecule is CN(C)CCN(CC(=O)O)C(=O)c1ccc([N+](=O)[O-])n1C. The maximum atomic E-state index is 12.4. The molecule has 0 unspecified atom stereocenters. The molecule has 1 N–H and O–H groups in total. The van der Waals surface area contributed by atoms with E-state index in [0.717, 1.165) is 9.47 Å². The van der Waals surface area contributed by atoms with Crippen molar-refractivity contribution in [2.75, 3.05) is 33.7 Å². The third kappa shape index (κ3) is 4.28. The average molecular weight is 298 g/mol. The van der Waals surface area contributed by atoms with Crippen molar-refractivity contribution >= 4 is 17.7 Å². The molecule has 1 aromatic heterocycles. The Morgan fingerprint density at radius 1 is 1.33 bits per heavy atom. The molecule has 0 saturated heterocycles. The molecule has 0 bridgehead atoms. The summed E-state index contributed by atoms with van der Waals surface area (Å²) in [6, 6.07) is 2.54. The van der Waals surface area contributed by atoms with Gasteiger partial charge in [0, 0.05) is 19.2 Å². The zero-order chi connectivity index (χ0) is 16.2. The number of nitrogens with zero attached hydrogens (tertiary/aromatic N) is 4. The van der Waals surface area contributed by atoms with Gasteiger partial charge in [-0.05, 0) is 25.1 Å². The molecule has 1 amide bonds. The summed E-state index contributed by atoms with van der Waals surface area (Å²) in [6.45, 7) is 0.258. The summed E-state index contributed by atoms with van der Waals surface area (Å²) in [6.07, 6.45) is 0. The number of carbonyl (C=O) groups is 2. The Morgan fingerprint density at radius 3 is 2.38 bits per heavy atom. The molecule has 1 heterocycles. The van der Waals surface area contributed by atoms with Crippen molar-refractivity contribution in [1.82, 2.24) is 14.4 Å². The number of carboxylic acids is 1. The summed E-state index contributed by atoms with van der Waals surface area (Å²) < 4.78 is 1.15. The lowest BCUT2D eigenvalue weighted by molar-refractivity contribution is -0.391. The molecule has 0 aliphatic rings. The van der Waals surface area contributed by atoms with Crippen LogP contribution in [0.4, 0.5) is 5.82 Å². The second-order valence-corrected chi connectivity index (χ2v) is 4.82. The Morgan fingerprint density at radius 2 is 1.95 bits per heavy atom. The van der Waals surface area contributed by atoms with Gasteiger partial charge in [-0.3, -0.25) is 9.59 Å². The van der Waals surface area contributed by atoms with Crippen molar-refractivity contribution in [3.63, 3.8) is 0 Å². The Bertz CT molecular complexity index is 552. The molecule has 116 valence electrons. The highest BCUT2D eigenvalue weighted by Crippen LogP contribution is 2.16. The molecule has 1 aromatic rings. The lowest BCUT2D eigenvalue weighted by Crippen LogP contribution is -2.40. The summed E-state index contributed by atoms with van der Waals surface area (Å²) in [5.74, 6) is -1.90. The second-order valence-electron chi connectivity index (χ2n) is 4.82. The standard InChI is InChI=1S/C12H18N4O5/c1-13(2)6-7-15(8-11(17)18)12(19)9-4-5-10(14(9)3)16(20)21/h4-5H,6-8H2,1-3H3,(H,17,18). The third-order valence-corrected chi connectivity index (χ3v) is 2.93. The smallest absolute Gasteiger partial charge is 0.323 e. The van der Waals surface area contributed by atoms with Crippen LogP contribution in [0.15, 0.2) is 12.1 Å². The van der Waals surface area contributed by atoms with Gasteiger partial charge in [-0.25, -0.2) is 4.57 Å². The Balaban J connectivity index is 2.99. The molecule has 0 aromatic carbocycles. The van der Waals surface area contributed by atoms with Gasteiger partial charge >= 0.3 is 11.8 Å². The second kappa shape index (κ2) is 6.84. The van der Waals surface area contributed by atoms with Gasteiger partial charge in [0.25, 0.3) is 5.91 Å². The highest BCUT2D eigenvalue weighted by molar-refractivity contribution is 5.95. The van der Waals surface area contributed by atoms with E-state index in [-0.39, 0.29) is 18.1 Å². The van der Waals surface area contributed by atoms with Crippen molar-refractivity contribution < 1.29 is 19.6 Å². The third-order valence-electron chi connectivity index (χ3n) is 2.93. The van der Waals surface area contributed by atoms with Crippen LogP contribution >= 0.6 is 0 Å². The Labute approximate surface area is 121 Å². The van der Waals surface area contributed by atoms with Crippen molar-refractivity contribution in [3.05, 3.63) is 27.9 Å². The van der Waals surface area contributed by atoms with Crippen LogP contribution in [0.1, 0.15) is 10.5 Å². The first kappa shape index (κ1) is 16.6. The lowest BCUT2D eigenvalue weighted by Gasteiger charge is -2.21. The summed E-state index contributed by atoms with van der Waals surface area (Å²) >= 11 is 0. The van der Waals surface area contributed by atoms with Crippen molar-refractivity contribution in [1.29, 1.82) is 0 Å². The number of likely N-dealkylation sites (N-methyl/N-ethyl adjacent to an activating group) is 1. The van der Waals surface area contributed by atoms with Gasteiger partial charge in [-0.15, -0.1) is 0 Å². The van der Waals surface area contributed by atoms with E-state index in [4.69, 9.17) is 5.11 Å². The number of amides is 1. The minimum atomic E-state index is -1.13. The molecule has 0 aliphatic heterocycles. The predicted molar refractivity (Wildman–Crippen MR) is 74.2 cm³/mol. The molecule has 0 fully saturated rings. The van der Waals surface area contributed by atoms with E-state index in [1.165, 1.54) is 19.2 Å². The Hall–Kier alpha value is -2.42. The molecule has 9 nitrogen and oxygen atoms in total. The average Bonchev–Trinajstić information content (AvgIpc) is 2.75. The molecule has 0 radical (unpaired) electrons. The van der Waals surface area contributed by atoms with Gasteiger partial charge in [0.05, 0.1) is 7.05 Å². The molecule has 21 heavy (non-hydrogen) atoms. The largest absolute Gasteiger partial charge is 0.480 e. The number of aromatic nitrogens is 1. The van der Waals surface area contributed by atoms with E-state index in [1.54, 1.807) is 14.1 Å². The zero-order valence-corrected chi connectivity index (χ0v) is 12.1. The van der Waals surface area contributed by atoms with Crippen LogP contribution in [0.2, 0.25) is 0 Å². The van der Waals surface area contributed by atoms with Crippen LogP contribution in [0, 0.1) is 10.1 Å². The highest BCUT2D eigenvalue weighted by atomic mass is 16.6. The van der Waals surface area contributed by atoms with E-state index in [2.05, 4.69) is 0 Å². The first-order valence-corrected chi connectivity index (χ1v) is 6.20. The minimum absolute atomic E-state index is 0.0849. The first-order chi connectivity index (χ1) is 9.73. The molecule has 0 spiro atoms. The number of hydrogen-bond acceptors (Lipinski definition) is 5. The fourth-order valence-electron chi connectivity index (χ4n) is 1.80. The van der Waals surface area contributed by atoms with E-state index < -0.39 is 23.3 Å². The number of rotatable bonds is 7. The van der Waals surface area contributed by atoms with Crippen LogP contribution in [0.5, 0.6) is 0 Å². The lowest BCUT2D eigenvalue weighted by atomic mass is 10.3. The molecule has 0 aliphatic carbocycles. The van der Waals surface area contributed by atoms with E-state index >= 15 is 0 Å². The zero-order valence-electron chi connectivity index (χ0n) is 12.1. The maximum Gasteiger partial charge on any atom is 0.323 e. The van der Waals surface area contributed by atoms with E-state index in [0.29, 0.717) is 6.54 Å². The number of nitro groups is 1. The summed E-state index contributed by atoms with van der Waals surface area (Å²) in [4.78, 5) is 36.4. The molecule has 1 rings (SSSR count). The van der Waals surface area contributed by atoms with Gasteiger partial charge in [-0.1, -0.05) is 0 Å². The normalized spacial score (nSPS) is 10.7. The first-order valence-electron chi connectivity index (χ1n) is 6.20. The van der Waals surface area contributed by atoms with Crippen LogP contribution in [-0.2, 0) is 11.8 Å². The van der Waals surface area contributed by atoms with E-state index in [1.807, 2.05) is 4.90 Å². The van der Waals surface area contributed by atoms with Crippen LogP contribution in [-0.4, -0.2) is 70.0 Å². The highest BCUT2D eigenvalue weighted by Gasteiger charge is 2.26. The van der Waals surface area contributed by atoms with Crippen LogP contribution in [0.25, 0.3) is 0 Å². The van der Waals surface area contributed by atoms with Crippen molar-refractivity contribution in [2.24, 2.45) is 7.05 Å². The number of hydrogen-bond donors (Lipinski definition) is 1. The van der Waals surface area contributed by atoms with Gasteiger partial charge in [0.2, 0.25) is 0 Å². The molecule has 9 heteroatoms. The Kier molecular flexibility index (Phi) is 5.42. The fraction of sp³-hybridized carbons (Fsp3) is 0.500. The van der Waals surface area contributed by atoms with Gasteiger partial charge in [0.1, 0.15) is 6.54 Å². The summed E-state index contributed by atoms with van der Waals surface area (Å²) in [5.41, 5.74) is 0.0849. The number of carbonyl (C=O) groups excluding carboxylic acids is 1. The topological polar surface area (TPSA) is 109 Å². The summed E-state index contributed by atoms with van der Waals surface area (Å²) in [7, 11) is 5.00. The van der Waals surface area contributed by atoms with Gasteiger partial charge in [-0.2, -0.15) is 0 Å². The maximum absolute atomic E-state index is 12.4. The van der Waals surface area contributed by atoms with Gasteiger partial charge in [0.15, 0.2) is 5.69 Å². The van der Waals surface area contributed by atoms with E-state index in [9.17, 15) is 19.7 Å². The van der Waals surface area contributed by atoms with Crippen LogP contribution in [0.3, 0.4) is 0 Å². The molecular formula is C12H18N4O5. The van der Waals surface area contributed by atoms with Crippen LogP contribution < -0.4 is 0 Å². The van der Waals surface area contributed by atoms with Crippen molar-refractivity contribution in [3.8, 4) is 0 Å².